The molecule has 0 radical (unpaired) electrons. The number of methoxy groups -OCH3 is 1. The van der Waals surface area contributed by atoms with Gasteiger partial charge in [0.15, 0.2) is 11.5 Å². The van der Waals surface area contributed by atoms with Crippen molar-refractivity contribution in [2.24, 2.45) is 0 Å². The Labute approximate surface area is 94.2 Å². The molecule has 16 heavy (non-hydrogen) atoms. The van der Waals surface area contributed by atoms with E-state index >= 15 is 0 Å². The minimum Gasteiger partial charge on any atom is -0.504 e. The second-order valence-electron chi connectivity index (χ2n) is 4.34. The number of nitrogens with one attached hydrogen (secondary N) is 1. The molecule has 0 saturated carbocycles. The molecule has 1 unspecified atom stereocenters. The van der Waals surface area contributed by atoms with Crippen molar-refractivity contribution in [3.05, 3.63) is 23.5 Å². The van der Waals surface area contributed by atoms with Crippen molar-refractivity contribution in [3.63, 3.8) is 0 Å². The summed E-state index contributed by atoms with van der Waals surface area (Å²) in [6, 6.07) is 3.27. The monoisotopic (exact) mass is 225 g/mol. The molecule has 3 nitrogen and oxygen atoms in total. The molecular weight excluding hydrogens is 209 g/mol. The molecule has 1 aliphatic heterocycles. The second kappa shape index (κ2) is 3.94. The Morgan fingerprint density at radius 1 is 1.50 bits per heavy atom. The largest absolute Gasteiger partial charge is 0.504 e. The van der Waals surface area contributed by atoms with E-state index in [0.717, 1.165) is 19.4 Å². The van der Waals surface area contributed by atoms with Crippen LogP contribution >= 0.6 is 0 Å². The average Bonchev–Trinajstić information content (AvgIpc) is 2.70. The van der Waals surface area contributed by atoms with Gasteiger partial charge in [0.2, 0.25) is 5.82 Å². The quantitative estimate of drug-likeness (QED) is 0.810. The number of halogens is 1. The summed E-state index contributed by atoms with van der Waals surface area (Å²) in [7, 11) is 1.38. The standard InChI is InChI=1S/C12H16FNO2/c1-12(6-3-7-14-12)8-4-5-9(16-2)10(13)11(8)15/h4-5,14-15H,3,6-7H2,1-2H3. The van der Waals surface area contributed by atoms with Crippen molar-refractivity contribution >= 4 is 0 Å². The van der Waals surface area contributed by atoms with Gasteiger partial charge in [-0.25, -0.2) is 0 Å². The van der Waals surface area contributed by atoms with Gasteiger partial charge in [0.05, 0.1) is 7.11 Å². The first kappa shape index (κ1) is 11.2. The van der Waals surface area contributed by atoms with Crippen molar-refractivity contribution in [3.8, 4) is 11.5 Å². The molecule has 2 N–H and O–H groups in total. The lowest BCUT2D eigenvalue weighted by molar-refractivity contribution is 0.345. The molecule has 4 heteroatoms. The third-order valence-corrected chi connectivity index (χ3v) is 3.26. The molecule has 1 aliphatic rings. The fourth-order valence-corrected chi connectivity index (χ4v) is 2.27. The van der Waals surface area contributed by atoms with Gasteiger partial charge in [-0.3, -0.25) is 0 Å². The van der Waals surface area contributed by atoms with Crippen LogP contribution in [-0.4, -0.2) is 18.8 Å². The van der Waals surface area contributed by atoms with Crippen molar-refractivity contribution in [2.75, 3.05) is 13.7 Å². The fourth-order valence-electron chi connectivity index (χ4n) is 2.27. The molecule has 1 heterocycles. The molecule has 1 aromatic carbocycles. The van der Waals surface area contributed by atoms with Crippen LogP contribution in [-0.2, 0) is 5.54 Å². The van der Waals surface area contributed by atoms with Crippen molar-refractivity contribution in [2.45, 2.75) is 25.3 Å². The van der Waals surface area contributed by atoms with E-state index in [1.54, 1.807) is 12.1 Å². The van der Waals surface area contributed by atoms with Crippen molar-refractivity contribution in [1.29, 1.82) is 0 Å². The lowest BCUT2D eigenvalue weighted by atomic mass is 9.89. The van der Waals surface area contributed by atoms with Gasteiger partial charge in [-0.1, -0.05) is 0 Å². The third kappa shape index (κ3) is 1.63. The zero-order chi connectivity index (χ0) is 11.8. The van der Waals surface area contributed by atoms with Crippen LogP contribution in [0.15, 0.2) is 12.1 Å². The van der Waals surface area contributed by atoms with Gasteiger partial charge < -0.3 is 15.2 Å². The summed E-state index contributed by atoms with van der Waals surface area (Å²) < 4.78 is 18.5. The van der Waals surface area contributed by atoms with Crippen LogP contribution in [0.25, 0.3) is 0 Å². The molecule has 1 aromatic rings. The minimum absolute atomic E-state index is 0.0721. The smallest absolute Gasteiger partial charge is 0.206 e. The summed E-state index contributed by atoms with van der Waals surface area (Å²) in [4.78, 5) is 0. The van der Waals surface area contributed by atoms with E-state index in [0.29, 0.717) is 5.56 Å². The molecular formula is C12H16FNO2. The molecule has 1 fully saturated rings. The highest BCUT2D eigenvalue weighted by Gasteiger charge is 2.33. The highest BCUT2D eigenvalue weighted by atomic mass is 19.1. The number of rotatable bonds is 2. The van der Waals surface area contributed by atoms with Gasteiger partial charge in [0, 0.05) is 11.1 Å². The van der Waals surface area contributed by atoms with E-state index in [4.69, 9.17) is 4.74 Å². The summed E-state index contributed by atoms with van der Waals surface area (Å²) in [5.74, 6) is -0.922. The van der Waals surface area contributed by atoms with Crippen LogP contribution in [0.1, 0.15) is 25.3 Å². The summed E-state index contributed by atoms with van der Waals surface area (Å²) in [5, 5.41) is 13.1. The number of hydrogen-bond donors (Lipinski definition) is 2. The van der Waals surface area contributed by atoms with Crippen LogP contribution < -0.4 is 10.1 Å². The number of benzene rings is 1. The molecule has 0 aromatic heterocycles. The van der Waals surface area contributed by atoms with E-state index in [2.05, 4.69) is 5.32 Å². The molecule has 2 rings (SSSR count). The van der Waals surface area contributed by atoms with E-state index in [1.165, 1.54) is 7.11 Å². The Bertz CT molecular complexity index is 400. The lowest BCUT2D eigenvalue weighted by Crippen LogP contribution is -2.33. The Morgan fingerprint density at radius 3 is 2.81 bits per heavy atom. The first-order valence-electron chi connectivity index (χ1n) is 5.39. The highest BCUT2D eigenvalue weighted by Crippen LogP contribution is 2.39. The van der Waals surface area contributed by atoms with E-state index in [1.807, 2.05) is 6.92 Å². The molecule has 1 saturated heterocycles. The first-order chi connectivity index (χ1) is 7.58. The maximum atomic E-state index is 13.7. The van der Waals surface area contributed by atoms with Crippen molar-refractivity contribution < 1.29 is 14.2 Å². The van der Waals surface area contributed by atoms with Crippen molar-refractivity contribution in [1.82, 2.24) is 5.32 Å². The summed E-state index contributed by atoms with van der Waals surface area (Å²) in [5.41, 5.74) is 0.264. The van der Waals surface area contributed by atoms with Gasteiger partial charge in [-0.2, -0.15) is 4.39 Å². The Hall–Kier alpha value is -1.29. The van der Waals surface area contributed by atoms with Crippen LogP contribution in [0, 0.1) is 5.82 Å². The predicted octanol–water partition coefficient (Wildman–Crippen LogP) is 2.14. The zero-order valence-electron chi connectivity index (χ0n) is 9.51. The van der Waals surface area contributed by atoms with Crippen LogP contribution in [0.3, 0.4) is 0 Å². The zero-order valence-corrected chi connectivity index (χ0v) is 9.51. The lowest BCUT2D eigenvalue weighted by Gasteiger charge is -2.26. The Kier molecular flexibility index (Phi) is 2.76. The Morgan fingerprint density at radius 2 is 2.25 bits per heavy atom. The summed E-state index contributed by atoms with van der Waals surface area (Å²) in [6.07, 6.45) is 1.93. The maximum Gasteiger partial charge on any atom is 0.206 e. The third-order valence-electron chi connectivity index (χ3n) is 3.26. The SMILES string of the molecule is COc1ccc(C2(C)CCCN2)c(O)c1F. The average molecular weight is 225 g/mol. The molecule has 0 bridgehead atoms. The van der Waals surface area contributed by atoms with Gasteiger partial charge in [-0.05, 0) is 38.4 Å². The number of phenols is 1. The number of hydrogen-bond acceptors (Lipinski definition) is 3. The predicted molar refractivity (Wildman–Crippen MR) is 59.2 cm³/mol. The van der Waals surface area contributed by atoms with E-state index in [9.17, 15) is 9.50 Å². The van der Waals surface area contributed by atoms with Crippen LogP contribution in [0.5, 0.6) is 11.5 Å². The minimum atomic E-state index is -0.685. The first-order valence-corrected chi connectivity index (χ1v) is 5.39. The molecule has 1 atom stereocenters. The summed E-state index contributed by atoms with van der Waals surface area (Å²) >= 11 is 0. The highest BCUT2D eigenvalue weighted by molar-refractivity contribution is 5.45. The number of ether oxygens (including phenoxy) is 1. The topological polar surface area (TPSA) is 41.5 Å². The van der Waals surface area contributed by atoms with E-state index < -0.39 is 5.82 Å². The molecule has 0 amide bonds. The van der Waals surface area contributed by atoms with Gasteiger partial charge in [-0.15, -0.1) is 0 Å². The van der Waals surface area contributed by atoms with Gasteiger partial charge in [0.25, 0.3) is 0 Å². The normalized spacial score (nSPS) is 24.7. The number of aromatic hydroxyl groups is 1. The Balaban J connectivity index is 2.46. The van der Waals surface area contributed by atoms with Gasteiger partial charge >= 0.3 is 0 Å². The molecule has 0 spiro atoms. The maximum absolute atomic E-state index is 13.7. The number of phenolic OH excluding ortho intramolecular Hbond substituents is 1. The summed E-state index contributed by atoms with van der Waals surface area (Å²) in [6.45, 7) is 2.87. The molecule has 88 valence electrons. The van der Waals surface area contributed by atoms with Gasteiger partial charge in [0.1, 0.15) is 0 Å². The van der Waals surface area contributed by atoms with E-state index in [-0.39, 0.29) is 17.0 Å². The van der Waals surface area contributed by atoms with Crippen LogP contribution in [0.2, 0.25) is 0 Å². The fraction of sp³-hybridized carbons (Fsp3) is 0.500. The van der Waals surface area contributed by atoms with Crippen LogP contribution in [0.4, 0.5) is 4.39 Å². The molecule has 0 aliphatic carbocycles. The second-order valence-corrected chi connectivity index (χ2v) is 4.34.